The number of carbonyl (C=O) groups excluding carboxylic acids is 6. The van der Waals surface area contributed by atoms with Crippen LogP contribution in [0.5, 0.6) is 0 Å². The molecule has 2 aliphatic heterocycles. The minimum absolute atomic E-state index is 0.205. The highest BCUT2D eigenvalue weighted by Crippen LogP contribution is 2.36. The van der Waals surface area contributed by atoms with Crippen molar-refractivity contribution < 1.29 is 38.2 Å². The third kappa shape index (κ3) is 8.83. The summed E-state index contributed by atoms with van der Waals surface area (Å²) in [6, 6.07) is 8.82. The molecule has 14 heteroatoms. The van der Waals surface area contributed by atoms with Crippen molar-refractivity contribution >= 4 is 46.9 Å². The van der Waals surface area contributed by atoms with Gasteiger partial charge in [0.15, 0.2) is 11.6 Å². The van der Waals surface area contributed by atoms with E-state index in [9.17, 15) is 28.8 Å². The number of nitrogens with one attached hydrogen (secondary N) is 4. The third-order valence-electron chi connectivity index (χ3n) is 8.92. The topological polar surface area (TPSA) is 175 Å². The van der Waals surface area contributed by atoms with E-state index in [0.717, 1.165) is 0 Å². The van der Waals surface area contributed by atoms with E-state index in [1.807, 2.05) is 0 Å². The average molecular weight is 719 g/mol. The second-order valence-electron chi connectivity index (χ2n) is 15.2. The Bertz CT molecular complexity index is 1600. The fourth-order valence-corrected chi connectivity index (χ4v) is 6.68. The van der Waals surface area contributed by atoms with E-state index in [4.69, 9.17) is 9.47 Å². The first-order valence-electron chi connectivity index (χ1n) is 17.9. The highest BCUT2D eigenvalue weighted by Gasteiger charge is 2.38. The van der Waals surface area contributed by atoms with Gasteiger partial charge in [0.05, 0.1) is 11.1 Å². The Morgan fingerprint density at radius 1 is 0.635 bits per heavy atom. The largest absolute Gasteiger partial charge is 0.444 e. The zero-order valence-electron chi connectivity index (χ0n) is 30.9. The number of benzene rings is 2. The minimum Gasteiger partial charge on any atom is -0.444 e. The summed E-state index contributed by atoms with van der Waals surface area (Å²) in [5.41, 5.74) is 0.570. The minimum atomic E-state index is -0.674. The number of likely N-dealkylation sites (tertiary alicyclic amines) is 2. The molecule has 14 nitrogen and oxygen atoms in total. The molecule has 4 amide bonds. The average Bonchev–Trinajstić information content (AvgIpc) is 3.77. The van der Waals surface area contributed by atoms with E-state index in [0.29, 0.717) is 61.3 Å². The van der Waals surface area contributed by atoms with Gasteiger partial charge in [-0.05, 0) is 79.4 Å². The fraction of sp³-hybridized carbons (Fsp3) is 0.526. The predicted molar refractivity (Wildman–Crippen MR) is 195 cm³/mol. The van der Waals surface area contributed by atoms with Crippen LogP contribution < -0.4 is 21.3 Å². The maximum absolute atomic E-state index is 13.8. The maximum Gasteiger partial charge on any atom is 0.410 e. The van der Waals surface area contributed by atoms with Crippen molar-refractivity contribution in [3.63, 3.8) is 0 Å². The molecule has 0 aromatic heterocycles. The molecule has 5 rings (SSSR count). The molecule has 2 atom stereocenters. The van der Waals surface area contributed by atoms with Crippen molar-refractivity contribution in [1.82, 2.24) is 20.4 Å². The summed E-state index contributed by atoms with van der Waals surface area (Å²) in [5.74, 6) is -1.19. The molecule has 2 aromatic rings. The van der Waals surface area contributed by atoms with Crippen LogP contribution in [-0.2, 0) is 19.1 Å². The number of amides is 4. The Labute approximate surface area is 304 Å². The van der Waals surface area contributed by atoms with E-state index in [-0.39, 0.29) is 60.7 Å². The second kappa shape index (κ2) is 15.6. The summed E-state index contributed by atoms with van der Waals surface area (Å²) in [6.45, 7) is 12.5. The molecule has 2 fully saturated rings. The third-order valence-corrected chi connectivity index (χ3v) is 8.92. The van der Waals surface area contributed by atoms with Crippen LogP contribution in [0.15, 0.2) is 36.4 Å². The van der Waals surface area contributed by atoms with Gasteiger partial charge in [-0.25, -0.2) is 9.59 Å². The molecule has 0 bridgehead atoms. The Morgan fingerprint density at radius 3 is 1.38 bits per heavy atom. The number of nitrogens with zero attached hydrogens (tertiary/aromatic N) is 2. The van der Waals surface area contributed by atoms with Crippen LogP contribution in [0.2, 0.25) is 0 Å². The number of anilines is 2. The number of ketones is 2. The lowest BCUT2D eigenvalue weighted by atomic mass is 9.82. The van der Waals surface area contributed by atoms with Gasteiger partial charge in [-0.3, -0.25) is 29.0 Å². The van der Waals surface area contributed by atoms with Gasteiger partial charge in [0.2, 0.25) is 11.8 Å². The van der Waals surface area contributed by atoms with E-state index in [1.54, 1.807) is 77.9 Å². The first-order chi connectivity index (χ1) is 24.6. The number of hydrogen-bond acceptors (Lipinski definition) is 10. The van der Waals surface area contributed by atoms with Crippen molar-refractivity contribution in [3.8, 4) is 0 Å². The van der Waals surface area contributed by atoms with E-state index in [2.05, 4.69) is 21.3 Å². The molecule has 2 heterocycles. The molecule has 1 aliphatic carbocycles. The number of rotatable bonds is 10. The summed E-state index contributed by atoms with van der Waals surface area (Å²) in [5, 5.41) is 12.2. The van der Waals surface area contributed by atoms with Crippen molar-refractivity contribution in [1.29, 1.82) is 0 Å². The lowest BCUT2D eigenvalue weighted by molar-refractivity contribution is -0.126. The molecule has 0 spiro atoms. The van der Waals surface area contributed by atoms with Gasteiger partial charge in [-0.2, -0.15) is 0 Å². The SMILES string of the molecule is CC(C)(C)OC(=O)N1CCCC1C(=O)NCCNc1ccc(NCCNC(=O)C2CCCN2C(=O)OC(C)(C)C)c2c1C(=O)c1ccccc1C2=O. The molecule has 2 aromatic carbocycles. The maximum atomic E-state index is 13.8. The summed E-state index contributed by atoms with van der Waals surface area (Å²) < 4.78 is 10.9. The first kappa shape index (κ1) is 38.1. The van der Waals surface area contributed by atoms with Crippen LogP contribution in [0.4, 0.5) is 21.0 Å². The number of hydrogen-bond donors (Lipinski definition) is 4. The highest BCUT2D eigenvalue weighted by atomic mass is 16.6. The van der Waals surface area contributed by atoms with Crippen LogP contribution in [-0.4, -0.2) is 108 Å². The second-order valence-corrected chi connectivity index (χ2v) is 15.2. The molecule has 3 aliphatic rings. The molecule has 4 N–H and O–H groups in total. The van der Waals surface area contributed by atoms with Crippen molar-refractivity contribution in [2.45, 2.75) is 90.5 Å². The number of ether oxygens (including phenoxy) is 2. The monoisotopic (exact) mass is 718 g/mol. The number of carbonyl (C=O) groups is 6. The first-order valence-corrected chi connectivity index (χ1v) is 17.9. The Hall–Kier alpha value is -5.14. The summed E-state index contributed by atoms with van der Waals surface area (Å²) in [4.78, 5) is 82.0. The standard InChI is InChI=1S/C38H50N6O8/c1-37(2,3)51-35(49)43-21-9-13-27(43)33(47)41-19-17-39-25-15-16-26(30-29(25)31(45)23-11-7-8-12-24(23)32(30)46)40-18-20-42-34(48)28-14-10-22-44(28)36(50)52-38(4,5)6/h7-8,11-12,15-16,27-28,39-40H,9-10,13-14,17-22H2,1-6H3,(H,41,47)(H,42,48). The lowest BCUT2D eigenvalue weighted by Gasteiger charge is -2.28. The van der Waals surface area contributed by atoms with Crippen LogP contribution in [0.25, 0.3) is 0 Å². The summed E-state index contributed by atoms with van der Waals surface area (Å²) >= 11 is 0. The van der Waals surface area contributed by atoms with Gasteiger partial charge < -0.3 is 30.7 Å². The summed E-state index contributed by atoms with van der Waals surface area (Å²) in [6.07, 6.45) is 1.41. The molecule has 0 radical (unpaired) electrons. The van der Waals surface area contributed by atoms with E-state index in [1.165, 1.54) is 9.80 Å². The van der Waals surface area contributed by atoms with E-state index >= 15 is 0 Å². The zero-order valence-corrected chi connectivity index (χ0v) is 30.9. The normalized spacial score (nSPS) is 18.3. The fourth-order valence-electron chi connectivity index (χ4n) is 6.68. The molecule has 280 valence electrons. The Balaban J connectivity index is 1.22. The van der Waals surface area contributed by atoms with Crippen molar-refractivity contribution in [3.05, 3.63) is 58.7 Å². The zero-order chi connectivity index (χ0) is 37.8. The molecular formula is C38H50N6O8. The molecule has 52 heavy (non-hydrogen) atoms. The van der Waals surface area contributed by atoms with Crippen LogP contribution in [0, 0.1) is 0 Å². The molecule has 0 saturated carbocycles. The van der Waals surface area contributed by atoms with Crippen LogP contribution in [0.3, 0.4) is 0 Å². The van der Waals surface area contributed by atoms with Gasteiger partial charge in [0.25, 0.3) is 0 Å². The summed E-state index contributed by atoms with van der Waals surface area (Å²) in [7, 11) is 0. The number of fused-ring (bicyclic) bond motifs is 2. The van der Waals surface area contributed by atoms with Crippen molar-refractivity contribution in [2.24, 2.45) is 0 Å². The lowest BCUT2D eigenvalue weighted by Crippen LogP contribution is -2.48. The van der Waals surface area contributed by atoms with E-state index < -0.39 is 35.5 Å². The predicted octanol–water partition coefficient (Wildman–Crippen LogP) is 4.32. The van der Waals surface area contributed by atoms with Gasteiger partial charge in [-0.15, -0.1) is 0 Å². The highest BCUT2D eigenvalue weighted by molar-refractivity contribution is 6.31. The van der Waals surface area contributed by atoms with Crippen LogP contribution in [0.1, 0.15) is 99.1 Å². The van der Waals surface area contributed by atoms with Gasteiger partial charge in [-0.1, -0.05) is 24.3 Å². The van der Waals surface area contributed by atoms with Gasteiger partial charge in [0.1, 0.15) is 23.3 Å². The molecule has 2 saturated heterocycles. The Morgan fingerprint density at radius 2 is 1.02 bits per heavy atom. The Kier molecular flexibility index (Phi) is 11.4. The smallest absolute Gasteiger partial charge is 0.410 e. The molecular weight excluding hydrogens is 668 g/mol. The molecule has 2 unspecified atom stereocenters. The van der Waals surface area contributed by atoms with Gasteiger partial charge in [0, 0.05) is 61.8 Å². The van der Waals surface area contributed by atoms with Crippen LogP contribution >= 0.6 is 0 Å². The van der Waals surface area contributed by atoms with Gasteiger partial charge >= 0.3 is 12.2 Å². The quantitative estimate of drug-likeness (QED) is 0.221. The van der Waals surface area contributed by atoms with Crippen molar-refractivity contribution in [2.75, 3.05) is 49.9 Å².